The lowest BCUT2D eigenvalue weighted by molar-refractivity contribution is 0.0669. The lowest BCUT2D eigenvalue weighted by Crippen LogP contribution is -2.25. The van der Waals surface area contributed by atoms with E-state index in [1.807, 2.05) is 31.3 Å². The molecule has 1 aliphatic heterocycles. The van der Waals surface area contributed by atoms with Gasteiger partial charge in [-0.15, -0.1) is 0 Å². The van der Waals surface area contributed by atoms with Gasteiger partial charge in [0, 0.05) is 24.3 Å². The quantitative estimate of drug-likeness (QED) is 0.386. The molecule has 2 aromatic rings. The van der Waals surface area contributed by atoms with Crippen LogP contribution in [-0.2, 0) is 15.7 Å². The van der Waals surface area contributed by atoms with Gasteiger partial charge in [0.25, 0.3) is 0 Å². The maximum Gasteiger partial charge on any atom is 0.150 e. The zero-order valence-electron chi connectivity index (χ0n) is 19.1. The van der Waals surface area contributed by atoms with Gasteiger partial charge in [-0.05, 0) is 75.4 Å². The van der Waals surface area contributed by atoms with Crippen LogP contribution in [0.25, 0.3) is 0 Å². The number of hydrogen-bond donors (Lipinski definition) is 3. The minimum Gasteiger partial charge on any atom is -0.381 e. The fourth-order valence-corrected chi connectivity index (χ4v) is 4.81. The van der Waals surface area contributed by atoms with Gasteiger partial charge in [0.15, 0.2) is 0 Å². The number of carbonyl (C=O) groups excluding carboxylic acids is 1. The van der Waals surface area contributed by atoms with Crippen molar-refractivity contribution in [2.75, 3.05) is 31.5 Å². The van der Waals surface area contributed by atoms with E-state index in [1.54, 1.807) is 24.3 Å². The Morgan fingerprint density at radius 2 is 1.88 bits per heavy atom. The zero-order valence-corrected chi connectivity index (χ0v) is 20.0. The van der Waals surface area contributed by atoms with Crippen LogP contribution in [0.3, 0.4) is 0 Å². The van der Waals surface area contributed by atoms with Crippen LogP contribution < -0.4 is 10.0 Å². The number of ether oxygens (including phenoxy) is 1. The van der Waals surface area contributed by atoms with Crippen LogP contribution in [0.15, 0.2) is 65.1 Å². The van der Waals surface area contributed by atoms with Gasteiger partial charge in [-0.1, -0.05) is 36.4 Å². The van der Waals surface area contributed by atoms with Crippen molar-refractivity contribution in [2.45, 2.75) is 37.0 Å². The largest absolute Gasteiger partial charge is 0.381 e. The maximum atomic E-state index is 12.5. The van der Waals surface area contributed by atoms with Gasteiger partial charge in [0.2, 0.25) is 0 Å². The van der Waals surface area contributed by atoms with Crippen LogP contribution >= 0.6 is 0 Å². The molecule has 1 fully saturated rings. The van der Waals surface area contributed by atoms with Crippen molar-refractivity contribution in [2.24, 2.45) is 5.92 Å². The van der Waals surface area contributed by atoms with Gasteiger partial charge in [-0.3, -0.25) is 10.2 Å². The number of nitrogens with one attached hydrogen (secondary N) is 3. The second-order valence-corrected chi connectivity index (χ2v) is 9.43. The molecule has 0 bridgehead atoms. The predicted molar refractivity (Wildman–Crippen MR) is 135 cm³/mol. The minimum absolute atomic E-state index is 0.490. The number of allylic oxidation sites excluding steroid dienone is 2. The van der Waals surface area contributed by atoms with Crippen molar-refractivity contribution in [1.82, 2.24) is 5.32 Å². The Hall–Kier alpha value is -2.61. The second kappa shape index (κ2) is 13.2. The summed E-state index contributed by atoms with van der Waals surface area (Å²) in [7, 11) is 0.554. The Morgan fingerprint density at radius 1 is 1.15 bits per heavy atom. The van der Waals surface area contributed by atoms with Gasteiger partial charge >= 0.3 is 0 Å². The number of rotatable bonds is 8. The van der Waals surface area contributed by atoms with Crippen LogP contribution in [0, 0.1) is 11.3 Å². The number of aldehydes is 1. The summed E-state index contributed by atoms with van der Waals surface area (Å²) in [4.78, 5) is 11.3. The molecule has 1 heterocycles. The van der Waals surface area contributed by atoms with Crippen LogP contribution in [0.1, 0.15) is 48.0 Å². The second-order valence-electron chi connectivity index (χ2n) is 8.21. The Kier molecular flexibility index (Phi) is 10.00. The number of hydrogen-bond acceptors (Lipinski definition) is 5. The SMILES string of the molecule is CNCC1CCOCC1.N=C(C1=CCCC1)c1ccccc1NS(=O)c1ccc(C=O)cc1. The lowest BCUT2D eigenvalue weighted by atomic mass is 10.0. The molecule has 0 saturated carbocycles. The molecular formula is C26H33N3O3S. The van der Waals surface area contributed by atoms with E-state index in [-0.39, 0.29) is 0 Å². The molecule has 0 amide bonds. The highest BCUT2D eigenvalue weighted by atomic mass is 32.2. The summed E-state index contributed by atoms with van der Waals surface area (Å²) >= 11 is 0. The van der Waals surface area contributed by atoms with Crippen LogP contribution in [-0.4, -0.2) is 43.0 Å². The first-order valence-electron chi connectivity index (χ1n) is 11.5. The average Bonchev–Trinajstić information content (AvgIpc) is 3.40. The molecule has 2 aromatic carbocycles. The van der Waals surface area contributed by atoms with Gasteiger partial charge < -0.3 is 14.8 Å². The highest BCUT2D eigenvalue weighted by Crippen LogP contribution is 2.26. The number of benzene rings is 2. The van der Waals surface area contributed by atoms with E-state index in [0.717, 1.165) is 62.4 Å². The molecule has 0 spiro atoms. The normalized spacial score (nSPS) is 16.8. The maximum absolute atomic E-state index is 12.5. The molecule has 176 valence electrons. The summed E-state index contributed by atoms with van der Waals surface area (Å²) in [6.45, 7) is 3.09. The van der Waals surface area contributed by atoms with E-state index in [0.29, 0.717) is 21.9 Å². The first kappa shape index (κ1) is 25.0. The molecule has 7 heteroatoms. The third-order valence-corrected chi connectivity index (χ3v) is 6.93. The fraction of sp³-hybridized carbons (Fsp3) is 0.385. The molecule has 1 aliphatic carbocycles. The van der Waals surface area contributed by atoms with E-state index in [1.165, 1.54) is 12.8 Å². The smallest absolute Gasteiger partial charge is 0.150 e. The van der Waals surface area contributed by atoms with Crippen molar-refractivity contribution >= 4 is 28.7 Å². The van der Waals surface area contributed by atoms with Crippen molar-refractivity contribution in [3.05, 3.63) is 71.3 Å². The van der Waals surface area contributed by atoms with Gasteiger partial charge in [0.1, 0.15) is 17.3 Å². The number of para-hydroxylation sites is 1. The van der Waals surface area contributed by atoms with Gasteiger partial charge in [-0.2, -0.15) is 0 Å². The summed E-state index contributed by atoms with van der Waals surface area (Å²) in [5.74, 6) is 0.865. The highest BCUT2D eigenvalue weighted by Gasteiger charge is 2.16. The first-order valence-corrected chi connectivity index (χ1v) is 12.6. The summed E-state index contributed by atoms with van der Waals surface area (Å²) < 4.78 is 20.7. The van der Waals surface area contributed by atoms with E-state index in [2.05, 4.69) is 16.1 Å². The molecule has 1 unspecified atom stereocenters. The Bertz CT molecular complexity index is 980. The summed E-state index contributed by atoms with van der Waals surface area (Å²) in [6, 6.07) is 14.0. The Labute approximate surface area is 198 Å². The van der Waals surface area contributed by atoms with Crippen LogP contribution in [0.5, 0.6) is 0 Å². The Morgan fingerprint density at radius 3 is 2.52 bits per heavy atom. The van der Waals surface area contributed by atoms with Crippen molar-refractivity contribution in [1.29, 1.82) is 5.41 Å². The molecule has 6 nitrogen and oxygen atoms in total. The molecule has 4 rings (SSSR count). The van der Waals surface area contributed by atoms with Crippen LogP contribution in [0.2, 0.25) is 0 Å². The molecule has 0 radical (unpaired) electrons. The van der Waals surface area contributed by atoms with Crippen molar-refractivity contribution in [3.8, 4) is 0 Å². The summed E-state index contributed by atoms with van der Waals surface area (Å²) in [5, 5.41) is 11.6. The molecule has 33 heavy (non-hydrogen) atoms. The summed E-state index contributed by atoms with van der Waals surface area (Å²) in [5.41, 5.74) is 3.51. The predicted octanol–water partition coefficient (Wildman–Crippen LogP) is 4.74. The lowest BCUT2D eigenvalue weighted by Gasteiger charge is -2.21. The van der Waals surface area contributed by atoms with E-state index in [9.17, 15) is 9.00 Å². The highest BCUT2D eigenvalue weighted by molar-refractivity contribution is 7.86. The van der Waals surface area contributed by atoms with Gasteiger partial charge in [-0.25, -0.2) is 4.21 Å². The van der Waals surface area contributed by atoms with Crippen LogP contribution in [0.4, 0.5) is 5.69 Å². The average molecular weight is 468 g/mol. The first-order chi connectivity index (χ1) is 16.1. The van der Waals surface area contributed by atoms with Crippen molar-refractivity contribution in [3.63, 3.8) is 0 Å². The fourth-order valence-electron chi connectivity index (χ4n) is 3.93. The summed E-state index contributed by atoms with van der Waals surface area (Å²) in [6.07, 6.45) is 8.36. The minimum atomic E-state index is -1.46. The number of anilines is 1. The third-order valence-electron chi connectivity index (χ3n) is 5.83. The van der Waals surface area contributed by atoms with E-state index < -0.39 is 11.0 Å². The molecule has 1 saturated heterocycles. The molecule has 1 atom stereocenters. The molecule has 2 aliphatic rings. The standard InChI is InChI=1S/C19H18N2O2S.C7H15NO/c20-19(15-5-1-2-6-15)17-7-3-4-8-18(17)21-24(23)16-11-9-14(13-22)10-12-16;1-8-6-7-2-4-9-5-3-7/h3-5,7-13,20-21H,1-2,6H2;7-8H,2-6H2,1H3. The topological polar surface area (TPSA) is 91.3 Å². The number of carbonyl (C=O) groups is 1. The van der Waals surface area contributed by atoms with E-state index in [4.69, 9.17) is 10.1 Å². The zero-order chi connectivity index (χ0) is 23.5. The van der Waals surface area contributed by atoms with Gasteiger partial charge in [0.05, 0.1) is 16.3 Å². The molecule has 3 N–H and O–H groups in total. The van der Waals surface area contributed by atoms with E-state index >= 15 is 0 Å². The van der Waals surface area contributed by atoms with Crippen molar-refractivity contribution < 1.29 is 13.7 Å². The molecular weight excluding hydrogens is 434 g/mol. The molecule has 0 aromatic heterocycles. The third kappa shape index (κ3) is 7.45. The monoisotopic (exact) mass is 467 g/mol. The Balaban J connectivity index is 0.000000286.